The molecule has 6 rings (SSSR count). The fourth-order valence-corrected chi connectivity index (χ4v) is 6.03. The normalized spacial score (nSPS) is 19.1. The van der Waals surface area contributed by atoms with Crippen LogP contribution in [0, 0.1) is 18.2 Å². The van der Waals surface area contributed by atoms with Gasteiger partial charge in [0, 0.05) is 30.3 Å². The van der Waals surface area contributed by atoms with Crippen LogP contribution in [0.1, 0.15) is 71.3 Å². The van der Waals surface area contributed by atoms with Gasteiger partial charge in [0.15, 0.2) is 0 Å². The van der Waals surface area contributed by atoms with Crippen molar-refractivity contribution in [3.8, 4) is 0 Å². The van der Waals surface area contributed by atoms with Crippen LogP contribution in [0.2, 0.25) is 0 Å². The number of carbonyl (C=O) groups excluding carboxylic acids is 1. The number of aromatic nitrogens is 1. The Bertz CT molecular complexity index is 1500. The van der Waals surface area contributed by atoms with E-state index in [1.807, 2.05) is 31.2 Å². The average Bonchev–Trinajstić information content (AvgIpc) is 3.68. The van der Waals surface area contributed by atoms with E-state index in [1.165, 1.54) is 28.5 Å². The van der Waals surface area contributed by atoms with Crippen LogP contribution in [-0.2, 0) is 5.54 Å². The molecule has 1 saturated heterocycles. The standard InChI is InChI=1S/C32H33F2N3O2/c1-20-13-25(16-37(30(20)39)32(17-33)11-12-32)29(38)36-21(2)22-3-5-23(6-4-22)28(24-7-9-27(34)10-8-24)26-14-31(15-26)18-35-19-31/h3-10,13,16,21,35H,11-12,14-15,17-19H2,1-2H3,(H,36,38)/t21-/m1/s1. The molecule has 1 amide bonds. The number of pyridine rings is 1. The molecule has 1 aromatic heterocycles. The zero-order valence-corrected chi connectivity index (χ0v) is 22.3. The third kappa shape index (κ3) is 4.63. The van der Waals surface area contributed by atoms with E-state index >= 15 is 0 Å². The number of carbonyl (C=O) groups is 1. The Hall–Kier alpha value is -3.58. The van der Waals surface area contributed by atoms with Crippen molar-refractivity contribution in [2.45, 2.75) is 51.1 Å². The minimum atomic E-state index is -0.800. The highest BCUT2D eigenvalue weighted by Crippen LogP contribution is 2.51. The van der Waals surface area contributed by atoms with Crippen LogP contribution in [0.3, 0.4) is 0 Å². The lowest BCUT2D eigenvalue weighted by molar-refractivity contribution is 0.0938. The minimum absolute atomic E-state index is 0.248. The van der Waals surface area contributed by atoms with Gasteiger partial charge in [0.1, 0.15) is 12.5 Å². The Morgan fingerprint density at radius 2 is 1.64 bits per heavy atom. The van der Waals surface area contributed by atoms with Crippen LogP contribution in [-0.4, -0.2) is 30.2 Å². The van der Waals surface area contributed by atoms with E-state index in [0.717, 1.165) is 48.2 Å². The maximum Gasteiger partial charge on any atom is 0.254 e. The third-order valence-corrected chi connectivity index (χ3v) is 8.76. The summed E-state index contributed by atoms with van der Waals surface area (Å²) in [5, 5.41) is 6.40. The zero-order chi connectivity index (χ0) is 27.4. The van der Waals surface area contributed by atoms with E-state index in [0.29, 0.717) is 29.4 Å². The second-order valence-electron chi connectivity index (χ2n) is 11.7. The molecule has 39 heavy (non-hydrogen) atoms. The molecule has 1 spiro atoms. The lowest BCUT2D eigenvalue weighted by Gasteiger charge is -2.52. The van der Waals surface area contributed by atoms with Gasteiger partial charge >= 0.3 is 0 Å². The molecule has 2 aromatic carbocycles. The number of nitrogens with zero attached hydrogens (tertiary/aromatic N) is 1. The Morgan fingerprint density at radius 1 is 1.03 bits per heavy atom. The van der Waals surface area contributed by atoms with Gasteiger partial charge in [-0.15, -0.1) is 0 Å². The number of allylic oxidation sites excluding steroid dienone is 1. The van der Waals surface area contributed by atoms with Gasteiger partial charge in [-0.05, 0) is 80.0 Å². The predicted octanol–water partition coefficient (Wildman–Crippen LogP) is 5.43. The Kier molecular flexibility index (Phi) is 6.29. The van der Waals surface area contributed by atoms with Gasteiger partial charge in [0.05, 0.1) is 17.1 Å². The average molecular weight is 530 g/mol. The van der Waals surface area contributed by atoms with Crippen LogP contribution < -0.4 is 16.2 Å². The summed E-state index contributed by atoms with van der Waals surface area (Å²) in [5.41, 5.74) is 5.69. The number of halogens is 2. The van der Waals surface area contributed by atoms with Gasteiger partial charge in [-0.25, -0.2) is 8.78 Å². The number of amides is 1. The molecule has 202 valence electrons. The molecule has 3 aromatic rings. The van der Waals surface area contributed by atoms with Gasteiger partial charge in [-0.1, -0.05) is 42.0 Å². The van der Waals surface area contributed by atoms with Crippen molar-refractivity contribution in [2.75, 3.05) is 19.8 Å². The number of hydrogen-bond acceptors (Lipinski definition) is 3. The number of hydrogen-bond donors (Lipinski definition) is 2. The van der Waals surface area contributed by atoms with E-state index in [2.05, 4.69) is 22.8 Å². The second kappa shape index (κ2) is 9.56. The third-order valence-electron chi connectivity index (χ3n) is 8.76. The van der Waals surface area contributed by atoms with Crippen molar-refractivity contribution < 1.29 is 13.6 Å². The van der Waals surface area contributed by atoms with Gasteiger partial charge in [-0.2, -0.15) is 0 Å². The first-order chi connectivity index (χ1) is 18.7. The molecule has 5 nitrogen and oxygen atoms in total. The van der Waals surface area contributed by atoms with Crippen molar-refractivity contribution >= 4 is 11.5 Å². The van der Waals surface area contributed by atoms with Crippen LogP contribution in [0.5, 0.6) is 0 Å². The summed E-state index contributed by atoms with van der Waals surface area (Å²) in [5.74, 6) is -0.556. The van der Waals surface area contributed by atoms with Crippen LogP contribution >= 0.6 is 0 Å². The first-order valence-electron chi connectivity index (χ1n) is 13.6. The second-order valence-corrected chi connectivity index (χ2v) is 11.7. The Morgan fingerprint density at radius 3 is 2.18 bits per heavy atom. The number of aryl methyl sites for hydroxylation is 1. The Labute approximate surface area is 226 Å². The molecule has 2 N–H and O–H groups in total. The molecule has 3 aliphatic rings. The molecule has 7 heteroatoms. The highest BCUT2D eigenvalue weighted by atomic mass is 19.1. The van der Waals surface area contributed by atoms with Crippen LogP contribution in [0.25, 0.3) is 5.57 Å². The van der Waals surface area contributed by atoms with E-state index in [-0.39, 0.29) is 23.3 Å². The monoisotopic (exact) mass is 529 g/mol. The highest BCUT2D eigenvalue weighted by molar-refractivity contribution is 5.94. The zero-order valence-electron chi connectivity index (χ0n) is 22.3. The molecule has 0 bridgehead atoms. The van der Waals surface area contributed by atoms with Crippen molar-refractivity contribution in [2.24, 2.45) is 5.41 Å². The lowest BCUT2D eigenvalue weighted by atomic mass is 9.60. The van der Waals surface area contributed by atoms with E-state index in [4.69, 9.17) is 0 Å². The molecular formula is C32H33F2N3O2. The fourth-order valence-electron chi connectivity index (χ4n) is 6.03. The maximum atomic E-state index is 13.7. The molecule has 2 heterocycles. The summed E-state index contributed by atoms with van der Waals surface area (Å²) in [4.78, 5) is 25.7. The summed E-state index contributed by atoms with van der Waals surface area (Å²) < 4.78 is 28.7. The van der Waals surface area contributed by atoms with Crippen molar-refractivity contribution in [3.63, 3.8) is 0 Å². The first-order valence-corrected chi connectivity index (χ1v) is 13.6. The molecule has 0 unspecified atom stereocenters. The van der Waals surface area contributed by atoms with Crippen LogP contribution in [0.4, 0.5) is 8.78 Å². The molecule has 1 aliphatic heterocycles. The minimum Gasteiger partial charge on any atom is -0.345 e. The van der Waals surface area contributed by atoms with Crippen LogP contribution in [0.15, 0.2) is 71.2 Å². The molecular weight excluding hydrogens is 496 g/mol. The number of nitrogens with one attached hydrogen (secondary N) is 2. The highest BCUT2D eigenvalue weighted by Gasteiger charge is 2.47. The predicted molar refractivity (Wildman–Crippen MR) is 148 cm³/mol. The molecule has 0 radical (unpaired) electrons. The van der Waals surface area contributed by atoms with E-state index in [1.54, 1.807) is 13.0 Å². The van der Waals surface area contributed by atoms with E-state index < -0.39 is 12.2 Å². The summed E-state index contributed by atoms with van der Waals surface area (Å²) in [7, 11) is 0. The van der Waals surface area contributed by atoms with Crippen molar-refractivity contribution in [1.29, 1.82) is 0 Å². The Balaban J connectivity index is 1.22. The van der Waals surface area contributed by atoms with E-state index in [9.17, 15) is 18.4 Å². The molecule has 3 fully saturated rings. The van der Waals surface area contributed by atoms with Gasteiger partial charge in [0.2, 0.25) is 0 Å². The topological polar surface area (TPSA) is 63.1 Å². The first kappa shape index (κ1) is 25.7. The lowest BCUT2D eigenvalue weighted by Crippen LogP contribution is -2.58. The molecule has 2 aliphatic carbocycles. The number of benzene rings is 2. The smallest absolute Gasteiger partial charge is 0.254 e. The summed E-state index contributed by atoms with van der Waals surface area (Å²) in [6.07, 6.45) is 4.80. The van der Waals surface area contributed by atoms with Crippen molar-refractivity contribution in [1.82, 2.24) is 15.2 Å². The fraction of sp³-hybridized carbons (Fsp3) is 0.375. The summed E-state index contributed by atoms with van der Waals surface area (Å²) in [6, 6.07) is 16.1. The van der Waals surface area contributed by atoms with Gasteiger partial charge in [-0.3, -0.25) is 9.59 Å². The maximum absolute atomic E-state index is 13.7. The summed E-state index contributed by atoms with van der Waals surface area (Å²) in [6.45, 7) is 5.06. The SMILES string of the molecule is Cc1cc(C(=O)N[C@H](C)c2ccc(C(=C3CC4(CNC4)C3)c3ccc(F)cc3)cc2)cn(C2(CF)CC2)c1=O. The van der Waals surface area contributed by atoms with Gasteiger partial charge < -0.3 is 15.2 Å². The molecule has 1 atom stereocenters. The molecule has 2 saturated carbocycles. The largest absolute Gasteiger partial charge is 0.345 e. The van der Waals surface area contributed by atoms with Crippen molar-refractivity contribution in [3.05, 3.63) is 110 Å². The summed E-state index contributed by atoms with van der Waals surface area (Å²) >= 11 is 0. The van der Waals surface area contributed by atoms with Gasteiger partial charge in [0.25, 0.3) is 11.5 Å². The number of rotatable bonds is 7. The quantitative estimate of drug-likeness (QED) is 0.429. The number of alkyl halides is 1.